The lowest BCUT2D eigenvalue weighted by molar-refractivity contribution is -0.122. The van der Waals surface area contributed by atoms with Crippen molar-refractivity contribution in [3.05, 3.63) is 23.7 Å². The molecular weight excluding hydrogens is 282 g/mol. The standard InChI is InChI=1S/C16H27N3O3/c1-3-4-13(17)16(20)18-11-14(15-6-5-12(2)22-15)19-7-9-21-10-8-19/h5-6,13-14H,3-4,7-11,17H2,1-2H3,(H,18,20). The predicted molar refractivity (Wildman–Crippen MR) is 84.5 cm³/mol. The second-order valence-electron chi connectivity index (χ2n) is 5.75. The molecule has 0 radical (unpaired) electrons. The van der Waals surface area contributed by atoms with Crippen LogP contribution in [0.5, 0.6) is 0 Å². The Morgan fingerprint density at radius 3 is 2.73 bits per heavy atom. The van der Waals surface area contributed by atoms with Gasteiger partial charge in [0.2, 0.25) is 5.91 Å². The zero-order valence-corrected chi connectivity index (χ0v) is 13.5. The van der Waals surface area contributed by atoms with E-state index in [1.165, 1.54) is 0 Å². The molecule has 1 aliphatic rings. The van der Waals surface area contributed by atoms with E-state index >= 15 is 0 Å². The van der Waals surface area contributed by atoms with E-state index in [9.17, 15) is 4.79 Å². The summed E-state index contributed by atoms with van der Waals surface area (Å²) < 4.78 is 11.2. The third-order valence-corrected chi connectivity index (χ3v) is 3.98. The molecule has 124 valence electrons. The molecule has 2 atom stereocenters. The van der Waals surface area contributed by atoms with Gasteiger partial charge in [0.15, 0.2) is 0 Å². The summed E-state index contributed by atoms with van der Waals surface area (Å²) in [6.45, 7) is 7.54. The number of rotatable bonds is 7. The highest BCUT2D eigenvalue weighted by Crippen LogP contribution is 2.23. The number of furan rings is 1. The number of nitrogens with two attached hydrogens (primary N) is 1. The summed E-state index contributed by atoms with van der Waals surface area (Å²) in [6.07, 6.45) is 1.60. The molecule has 1 amide bonds. The highest BCUT2D eigenvalue weighted by molar-refractivity contribution is 5.81. The van der Waals surface area contributed by atoms with Gasteiger partial charge in [0, 0.05) is 19.6 Å². The number of carbonyl (C=O) groups is 1. The van der Waals surface area contributed by atoms with E-state index in [1.54, 1.807) is 0 Å². The molecule has 6 nitrogen and oxygen atoms in total. The first-order valence-electron chi connectivity index (χ1n) is 8.03. The average Bonchev–Trinajstić information content (AvgIpc) is 2.95. The summed E-state index contributed by atoms with van der Waals surface area (Å²) in [5, 5.41) is 2.97. The van der Waals surface area contributed by atoms with Gasteiger partial charge in [-0.2, -0.15) is 0 Å². The van der Waals surface area contributed by atoms with Crippen LogP contribution in [0.15, 0.2) is 16.5 Å². The van der Waals surface area contributed by atoms with Crippen LogP contribution in [0.25, 0.3) is 0 Å². The van der Waals surface area contributed by atoms with Gasteiger partial charge >= 0.3 is 0 Å². The molecule has 1 aliphatic heterocycles. The Kier molecular flexibility index (Phi) is 6.42. The molecule has 2 unspecified atom stereocenters. The first-order valence-corrected chi connectivity index (χ1v) is 8.03. The molecular formula is C16H27N3O3. The number of hydrogen-bond acceptors (Lipinski definition) is 5. The van der Waals surface area contributed by atoms with Crippen LogP contribution < -0.4 is 11.1 Å². The highest BCUT2D eigenvalue weighted by atomic mass is 16.5. The van der Waals surface area contributed by atoms with Crippen LogP contribution in [-0.4, -0.2) is 49.7 Å². The topological polar surface area (TPSA) is 80.7 Å². The molecule has 3 N–H and O–H groups in total. The smallest absolute Gasteiger partial charge is 0.236 e. The summed E-state index contributed by atoms with van der Waals surface area (Å²) in [4.78, 5) is 14.3. The maximum atomic E-state index is 12.0. The fraction of sp³-hybridized carbons (Fsp3) is 0.688. The second-order valence-corrected chi connectivity index (χ2v) is 5.75. The minimum Gasteiger partial charge on any atom is -0.465 e. The van der Waals surface area contributed by atoms with E-state index in [-0.39, 0.29) is 11.9 Å². The van der Waals surface area contributed by atoms with Crippen molar-refractivity contribution in [3.63, 3.8) is 0 Å². The number of nitrogens with zero attached hydrogens (tertiary/aromatic N) is 1. The quantitative estimate of drug-likeness (QED) is 0.791. The van der Waals surface area contributed by atoms with Gasteiger partial charge in [0.1, 0.15) is 11.5 Å². The van der Waals surface area contributed by atoms with Crippen LogP contribution in [-0.2, 0) is 9.53 Å². The van der Waals surface area contributed by atoms with Crippen molar-refractivity contribution < 1.29 is 13.9 Å². The minimum absolute atomic E-state index is 0.0235. The molecule has 2 heterocycles. The van der Waals surface area contributed by atoms with E-state index in [4.69, 9.17) is 14.9 Å². The van der Waals surface area contributed by atoms with Crippen molar-refractivity contribution in [1.29, 1.82) is 0 Å². The number of hydrogen-bond donors (Lipinski definition) is 2. The van der Waals surface area contributed by atoms with Crippen LogP contribution in [0.3, 0.4) is 0 Å². The fourth-order valence-corrected chi connectivity index (χ4v) is 2.70. The van der Waals surface area contributed by atoms with Gasteiger partial charge in [-0.25, -0.2) is 0 Å². The van der Waals surface area contributed by atoms with Crippen molar-refractivity contribution >= 4 is 5.91 Å². The zero-order chi connectivity index (χ0) is 15.9. The van der Waals surface area contributed by atoms with Gasteiger partial charge in [-0.3, -0.25) is 9.69 Å². The first-order chi connectivity index (χ1) is 10.6. The van der Waals surface area contributed by atoms with Gasteiger partial charge < -0.3 is 20.2 Å². The molecule has 1 aromatic rings. The summed E-state index contributed by atoms with van der Waals surface area (Å²) in [5.41, 5.74) is 5.87. The SMILES string of the molecule is CCCC(N)C(=O)NCC(c1ccc(C)o1)N1CCOCC1. The maximum absolute atomic E-state index is 12.0. The predicted octanol–water partition coefficient (Wildman–Crippen LogP) is 1.20. The summed E-state index contributed by atoms with van der Waals surface area (Å²) in [7, 11) is 0. The average molecular weight is 309 g/mol. The number of aryl methyl sites for hydroxylation is 1. The van der Waals surface area contributed by atoms with Crippen LogP contribution in [0.4, 0.5) is 0 Å². The molecule has 1 saturated heterocycles. The lowest BCUT2D eigenvalue weighted by atomic mass is 10.1. The van der Waals surface area contributed by atoms with Crippen molar-refractivity contribution in [1.82, 2.24) is 10.2 Å². The fourth-order valence-electron chi connectivity index (χ4n) is 2.70. The zero-order valence-electron chi connectivity index (χ0n) is 13.5. The highest BCUT2D eigenvalue weighted by Gasteiger charge is 2.26. The van der Waals surface area contributed by atoms with Crippen molar-refractivity contribution in [2.24, 2.45) is 5.73 Å². The molecule has 6 heteroatoms. The Morgan fingerprint density at radius 1 is 1.41 bits per heavy atom. The molecule has 1 fully saturated rings. The van der Waals surface area contributed by atoms with E-state index in [0.717, 1.165) is 31.0 Å². The monoisotopic (exact) mass is 309 g/mol. The Bertz CT molecular complexity index is 469. The second kappa shape index (κ2) is 8.31. The molecule has 0 aromatic carbocycles. The third kappa shape index (κ3) is 4.56. The molecule has 1 aromatic heterocycles. The number of amides is 1. The molecule has 0 bridgehead atoms. The Balaban J connectivity index is 2.00. The Hall–Kier alpha value is -1.37. The van der Waals surface area contributed by atoms with Crippen molar-refractivity contribution in [3.8, 4) is 0 Å². The first kappa shape index (κ1) is 17.0. The van der Waals surface area contributed by atoms with Gasteiger partial charge in [0.05, 0.1) is 25.3 Å². The lowest BCUT2D eigenvalue weighted by Gasteiger charge is -2.33. The maximum Gasteiger partial charge on any atom is 0.236 e. The van der Waals surface area contributed by atoms with Gasteiger partial charge in [-0.05, 0) is 25.5 Å². The van der Waals surface area contributed by atoms with E-state index in [0.29, 0.717) is 26.2 Å². The number of nitrogens with one attached hydrogen (secondary N) is 1. The number of morpholine rings is 1. The largest absolute Gasteiger partial charge is 0.465 e. The van der Waals surface area contributed by atoms with Gasteiger partial charge in [0.25, 0.3) is 0 Å². The number of ether oxygens (including phenoxy) is 1. The minimum atomic E-state index is -0.436. The molecule has 0 aliphatic carbocycles. The van der Waals surface area contributed by atoms with Crippen molar-refractivity contribution in [2.75, 3.05) is 32.8 Å². The molecule has 22 heavy (non-hydrogen) atoms. The Morgan fingerprint density at radius 2 is 2.14 bits per heavy atom. The molecule has 0 spiro atoms. The summed E-state index contributed by atoms with van der Waals surface area (Å²) in [5.74, 6) is 1.66. The number of carbonyl (C=O) groups excluding carboxylic acids is 1. The van der Waals surface area contributed by atoms with Crippen LogP contribution in [0.2, 0.25) is 0 Å². The van der Waals surface area contributed by atoms with E-state index < -0.39 is 6.04 Å². The van der Waals surface area contributed by atoms with E-state index in [2.05, 4.69) is 10.2 Å². The van der Waals surface area contributed by atoms with Crippen LogP contribution in [0, 0.1) is 6.92 Å². The Labute approximate surface area is 132 Å². The van der Waals surface area contributed by atoms with Gasteiger partial charge in [-0.1, -0.05) is 13.3 Å². The third-order valence-electron chi connectivity index (χ3n) is 3.98. The normalized spacial score (nSPS) is 18.9. The molecule has 2 rings (SSSR count). The summed E-state index contributed by atoms with van der Waals surface area (Å²) >= 11 is 0. The van der Waals surface area contributed by atoms with Crippen LogP contribution in [0.1, 0.15) is 37.3 Å². The summed E-state index contributed by atoms with van der Waals surface area (Å²) in [6, 6.07) is 3.52. The van der Waals surface area contributed by atoms with Crippen LogP contribution >= 0.6 is 0 Å². The van der Waals surface area contributed by atoms with Crippen molar-refractivity contribution in [2.45, 2.75) is 38.8 Å². The lowest BCUT2D eigenvalue weighted by Crippen LogP contribution is -2.47. The molecule has 0 saturated carbocycles. The van der Waals surface area contributed by atoms with Gasteiger partial charge in [-0.15, -0.1) is 0 Å². The van der Waals surface area contributed by atoms with E-state index in [1.807, 2.05) is 26.0 Å².